The molecule has 5 nitrogen and oxygen atoms in total. The first kappa shape index (κ1) is 45.1. The Balaban J connectivity index is 0.000000270. The molecule has 0 saturated carbocycles. The van der Waals surface area contributed by atoms with Gasteiger partial charge in [0, 0.05) is 47.7 Å². The topological polar surface area (TPSA) is 56.7 Å². The van der Waals surface area contributed by atoms with Crippen molar-refractivity contribution in [3.8, 4) is 61.7 Å². The van der Waals surface area contributed by atoms with Crippen LogP contribution in [0.25, 0.3) is 94.8 Å². The van der Waals surface area contributed by atoms with Gasteiger partial charge in [-0.15, -0.1) is 53.6 Å². The molecule has 0 N–H and O–H groups in total. The van der Waals surface area contributed by atoms with E-state index >= 15 is 0 Å². The molecule has 7 aromatic carbocycles. The van der Waals surface area contributed by atoms with Crippen LogP contribution in [0, 0.1) is 25.9 Å². The number of aryl methyl sites for hydroxylation is 2. The fourth-order valence-electron chi connectivity index (χ4n) is 9.31. The van der Waals surface area contributed by atoms with Crippen LogP contribution in [-0.2, 0) is 20.1 Å². The van der Waals surface area contributed by atoms with Gasteiger partial charge < -0.3 is 14.0 Å². The molecule has 11 rings (SSSR count). The van der Waals surface area contributed by atoms with E-state index < -0.39 is 14.9 Å². The molecule has 71 heavy (non-hydrogen) atoms. The Morgan fingerprint density at radius 2 is 1.27 bits per heavy atom. The Bertz CT molecular complexity index is 3660. The number of pyridine rings is 2. The van der Waals surface area contributed by atoms with Crippen LogP contribution in [0.2, 0.25) is 19.6 Å². The van der Waals surface area contributed by atoms with Crippen LogP contribution < -0.4 is 5.19 Å². The van der Waals surface area contributed by atoms with Crippen molar-refractivity contribution >= 4 is 46.4 Å². The zero-order chi connectivity index (χ0) is 51.2. The molecule has 0 spiro atoms. The minimum absolute atomic E-state index is 0. The predicted molar refractivity (Wildman–Crippen MR) is 296 cm³/mol. The molecule has 0 aliphatic carbocycles. The van der Waals surface area contributed by atoms with E-state index in [1.807, 2.05) is 30.6 Å². The molecule has 0 aliphatic heterocycles. The molecule has 0 saturated heterocycles. The van der Waals surface area contributed by atoms with Gasteiger partial charge in [0.05, 0.1) is 25.0 Å². The minimum Gasteiger partial charge on any atom is -0.501 e. The Morgan fingerprint density at radius 1 is 0.634 bits per heavy atom. The average Bonchev–Trinajstić information content (AvgIpc) is 3.98. The fraction of sp³-hybridized carbons (Fsp3) is 0.172. The number of benzene rings is 7. The minimum atomic E-state index is -2.08. The number of hydrogen-bond donors (Lipinski definition) is 0. The van der Waals surface area contributed by atoms with Gasteiger partial charge in [-0.3, -0.25) is 4.98 Å². The van der Waals surface area contributed by atoms with Crippen molar-refractivity contribution in [1.29, 1.82) is 0 Å². The zero-order valence-electron chi connectivity index (χ0n) is 44.4. The Hall–Kier alpha value is -7.02. The summed E-state index contributed by atoms with van der Waals surface area (Å²) >= 11 is 0. The summed E-state index contributed by atoms with van der Waals surface area (Å²) in [5.74, 6) is 1.28. The Kier molecular flexibility index (Phi) is 12.9. The van der Waals surface area contributed by atoms with Gasteiger partial charge in [0.2, 0.25) is 0 Å². The third-order valence-corrected chi connectivity index (χ3v) is 15.2. The first-order valence-corrected chi connectivity index (χ1v) is 27.6. The van der Waals surface area contributed by atoms with Crippen molar-refractivity contribution in [3.63, 3.8) is 0 Å². The van der Waals surface area contributed by atoms with Crippen molar-refractivity contribution in [2.24, 2.45) is 0 Å². The predicted octanol–water partition coefficient (Wildman–Crippen LogP) is 16.7. The molecule has 0 atom stereocenters. The van der Waals surface area contributed by atoms with E-state index in [-0.39, 0.29) is 31.9 Å². The summed E-state index contributed by atoms with van der Waals surface area (Å²) in [7, 11) is -1.34. The van der Waals surface area contributed by atoms with E-state index in [1.54, 1.807) is 12.1 Å². The molecule has 0 aliphatic rings. The van der Waals surface area contributed by atoms with E-state index in [4.69, 9.17) is 18.5 Å². The van der Waals surface area contributed by atoms with Crippen molar-refractivity contribution in [3.05, 3.63) is 211 Å². The first-order chi connectivity index (χ1) is 35.0. The molecule has 0 fully saturated rings. The normalized spacial score (nSPS) is 12.4. The standard InChI is InChI=1S/C49H40N3O.C15H18NSi.Ir/c1-30(2)42-27-38(34-15-10-7-11-16-34)28-43(31(3)4)46(42)52-45-32(5)25-26-50-48(45)51-49(52)41-18-12-17-40-39-24-23-37(29-44(39)53-47(40)41)36-21-19-35(20-22-36)33-13-8-6-9-14-33;1-12-5-7-13(8-6-12)15-10-9-14(11-16-15)17(2,3)4;/h6-17,19-31H,1-5H3;5-7,9-11H,1-4H3;/q2*-1;/i;1D3;. The summed E-state index contributed by atoms with van der Waals surface area (Å²) in [6.45, 7) is 16.0. The van der Waals surface area contributed by atoms with Crippen LogP contribution in [0.3, 0.4) is 0 Å². The van der Waals surface area contributed by atoms with Gasteiger partial charge in [-0.05, 0) is 104 Å². The summed E-state index contributed by atoms with van der Waals surface area (Å²) in [5.41, 5.74) is 18.0. The Labute approximate surface area is 437 Å². The summed E-state index contributed by atoms with van der Waals surface area (Å²) in [6, 6.07) is 62.9. The molecular weight excluding hydrogens is 1060 g/mol. The van der Waals surface area contributed by atoms with E-state index in [2.05, 4.69) is 203 Å². The van der Waals surface area contributed by atoms with Crippen LogP contribution in [0.15, 0.2) is 181 Å². The zero-order valence-corrected chi connectivity index (χ0v) is 44.8. The molecule has 1 radical (unpaired) electrons. The molecule has 11 aromatic rings. The van der Waals surface area contributed by atoms with Gasteiger partial charge in [-0.1, -0.05) is 174 Å². The van der Waals surface area contributed by atoms with Crippen LogP contribution in [0.1, 0.15) is 65.9 Å². The van der Waals surface area contributed by atoms with Crippen molar-refractivity contribution < 1.29 is 28.6 Å². The van der Waals surface area contributed by atoms with Crippen molar-refractivity contribution in [2.75, 3.05) is 0 Å². The number of hydrogen-bond acceptors (Lipinski definition) is 4. The molecule has 7 heteroatoms. The molecular formula is C64H58IrN4OSi-2. The van der Waals surface area contributed by atoms with Gasteiger partial charge >= 0.3 is 0 Å². The van der Waals surface area contributed by atoms with Gasteiger partial charge in [-0.2, -0.15) is 0 Å². The second-order valence-corrected chi connectivity index (χ2v) is 24.9. The number of furan rings is 1. The summed E-state index contributed by atoms with van der Waals surface area (Å²) in [4.78, 5) is 14.6. The molecule has 0 bridgehead atoms. The SMILES string of the molecule is Cc1ccnc2nc(-c3[c-]ccc4c3oc3cc(-c5ccc(-c6ccccc6)cc5)ccc34)n(-c3c(C(C)C)cc(-c4ccccc4)cc3C(C)C)c12.[2H]C([2H])([2H])c1c[c-]c(-c2ccc([Si](C)(C)C)cn2)cc1.[Ir]. The fourth-order valence-corrected chi connectivity index (χ4v) is 10.3. The molecule has 0 amide bonds. The van der Waals surface area contributed by atoms with Gasteiger partial charge in [0.15, 0.2) is 5.65 Å². The van der Waals surface area contributed by atoms with E-state index in [0.717, 1.165) is 72.5 Å². The monoisotopic (exact) mass is 1120 g/mol. The number of rotatable bonds is 9. The van der Waals surface area contributed by atoms with Gasteiger partial charge in [0.25, 0.3) is 0 Å². The molecule has 4 heterocycles. The second kappa shape index (κ2) is 20.4. The van der Waals surface area contributed by atoms with E-state index in [9.17, 15) is 0 Å². The molecule has 4 aromatic heterocycles. The van der Waals surface area contributed by atoms with E-state index in [0.29, 0.717) is 11.2 Å². The Morgan fingerprint density at radius 3 is 1.86 bits per heavy atom. The van der Waals surface area contributed by atoms with Crippen LogP contribution >= 0.6 is 0 Å². The van der Waals surface area contributed by atoms with E-state index in [1.165, 1.54) is 44.6 Å². The summed E-state index contributed by atoms with van der Waals surface area (Å²) in [6.07, 6.45) is 3.77. The number of aromatic nitrogens is 4. The number of imidazole rings is 1. The third kappa shape index (κ3) is 9.88. The number of nitrogens with zero attached hydrogens (tertiary/aromatic N) is 4. The average molecular weight is 1120 g/mol. The van der Waals surface area contributed by atoms with Crippen LogP contribution in [0.5, 0.6) is 0 Å². The largest absolute Gasteiger partial charge is 0.501 e. The smallest absolute Gasteiger partial charge is 0.168 e. The van der Waals surface area contributed by atoms with Gasteiger partial charge in [-0.25, -0.2) is 4.98 Å². The quantitative estimate of drug-likeness (QED) is 0.107. The van der Waals surface area contributed by atoms with Crippen LogP contribution in [-0.4, -0.2) is 27.6 Å². The first-order valence-electron chi connectivity index (χ1n) is 25.6. The summed E-state index contributed by atoms with van der Waals surface area (Å²) in [5, 5.41) is 3.41. The maximum atomic E-state index is 7.35. The molecule has 355 valence electrons. The summed E-state index contributed by atoms with van der Waals surface area (Å²) < 4.78 is 31.2. The van der Waals surface area contributed by atoms with Crippen molar-refractivity contribution in [2.45, 2.75) is 72.9 Å². The second-order valence-electron chi connectivity index (χ2n) is 19.8. The maximum Gasteiger partial charge on any atom is 0.168 e. The number of fused-ring (bicyclic) bond motifs is 4. The van der Waals surface area contributed by atoms with Gasteiger partial charge in [0.1, 0.15) is 5.58 Å². The van der Waals surface area contributed by atoms with Crippen LogP contribution in [0.4, 0.5) is 0 Å². The maximum absolute atomic E-state index is 7.35. The van der Waals surface area contributed by atoms with Crippen molar-refractivity contribution in [1.82, 2.24) is 19.5 Å². The molecule has 0 unspecified atom stereocenters. The third-order valence-electron chi connectivity index (χ3n) is 13.2.